The molecule has 1 aliphatic rings. The number of fused-ring (bicyclic) bond motifs is 3. The van der Waals surface area contributed by atoms with Crippen LogP contribution in [0.15, 0.2) is 24.3 Å². The zero-order chi connectivity index (χ0) is 10.3. The molecule has 0 aliphatic carbocycles. The van der Waals surface area contributed by atoms with E-state index in [-0.39, 0.29) is 0 Å². The molecule has 1 N–H and O–H groups in total. The molecule has 0 amide bonds. The van der Waals surface area contributed by atoms with Gasteiger partial charge in [0, 0.05) is 47.9 Å². The van der Waals surface area contributed by atoms with Crippen LogP contribution >= 0.6 is 30.3 Å². The molecule has 0 bridgehead atoms. The summed E-state index contributed by atoms with van der Waals surface area (Å²) < 4.78 is 2.34. The third-order valence-electron chi connectivity index (χ3n) is 2.95. The molecule has 2 heterocycles. The van der Waals surface area contributed by atoms with Crippen LogP contribution < -0.4 is 5.32 Å². The topological polar surface area (TPSA) is 17.0 Å². The zero-order valence-electron chi connectivity index (χ0n) is 8.16. The van der Waals surface area contributed by atoms with Crippen molar-refractivity contribution in [1.82, 2.24) is 9.29 Å². The van der Waals surface area contributed by atoms with E-state index in [4.69, 9.17) is 0 Å². The largest absolute Gasteiger partial charge is 0.311 e. The van der Waals surface area contributed by atoms with Crippen molar-refractivity contribution < 1.29 is 0 Å². The molecule has 0 saturated carbocycles. The zero-order valence-corrected chi connectivity index (χ0v) is 11.1. The first kappa shape index (κ1) is 9.99. The number of nitrogens with one attached hydrogen (secondary N) is 1. The van der Waals surface area contributed by atoms with Crippen LogP contribution in [0.3, 0.4) is 0 Å². The first-order chi connectivity index (χ1) is 7.42. The van der Waals surface area contributed by atoms with Crippen molar-refractivity contribution in [3.05, 3.63) is 35.5 Å². The molecule has 0 radical (unpaired) electrons. The van der Waals surface area contributed by atoms with Crippen molar-refractivity contribution in [2.75, 3.05) is 6.54 Å². The van der Waals surface area contributed by atoms with Gasteiger partial charge in [0.05, 0.1) is 5.52 Å². The number of rotatable bonds is 1. The van der Waals surface area contributed by atoms with E-state index in [0.717, 1.165) is 19.5 Å². The van der Waals surface area contributed by atoms with Gasteiger partial charge in [-0.2, -0.15) is 0 Å². The molecule has 0 spiro atoms. The summed E-state index contributed by atoms with van der Waals surface area (Å²) in [4.78, 5) is 0. The summed E-state index contributed by atoms with van der Waals surface area (Å²) in [7, 11) is 1.77. The normalized spacial score (nSPS) is 15.5. The fourth-order valence-corrected chi connectivity index (χ4v) is 4.13. The van der Waals surface area contributed by atoms with Gasteiger partial charge in [0.1, 0.15) is 0 Å². The highest BCUT2D eigenvalue weighted by molar-refractivity contribution is 14.2. The van der Waals surface area contributed by atoms with E-state index in [2.05, 4.69) is 54.8 Å². The molecule has 1 aromatic carbocycles. The smallest absolute Gasteiger partial charge is 0.0605 e. The summed E-state index contributed by atoms with van der Waals surface area (Å²) in [5.74, 6) is 0. The van der Waals surface area contributed by atoms with E-state index in [1.165, 1.54) is 22.2 Å². The Morgan fingerprint density at radius 3 is 3.07 bits per heavy atom. The van der Waals surface area contributed by atoms with Crippen molar-refractivity contribution in [3.63, 3.8) is 0 Å². The van der Waals surface area contributed by atoms with Crippen LogP contribution in [-0.4, -0.2) is 10.5 Å². The van der Waals surface area contributed by atoms with Gasteiger partial charge in [-0.15, -0.1) is 0 Å². The van der Waals surface area contributed by atoms with Gasteiger partial charge in [0.15, 0.2) is 0 Å². The Hall–Kier alpha value is -0.200. The molecule has 1 aromatic heterocycles. The highest BCUT2D eigenvalue weighted by Gasteiger charge is 2.18. The Balaban J connectivity index is 2.37. The molecular weight excluding hydrogens is 319 g/mol. The molecule has 0 atom stereocenters. The van der Waals surface area contributed by atoms with E-state index in [0.29, 0.717) is 0 Å². The maximum Gasteiger partial charge on any atom is 0.0605 e. The molecule has 2 aromatic rings. The van der Waals surface area contributed by atoms with Crippen molar-refractivity contribution in [2.24, 2.45) is 0 Å². The monoisotopic (exact) mass is 330 g/mol. The molecule has 1 aliphatic heterocycles. The average molecular weight is 330 g/mol. The third-order valence-corrected chi connectivity index (χ3v) is 4.69. The Kier molecular flexibility index (Phi) is 2.66. The van der Waals surface area contributed by atoms with Crippen LogP contribution in [0.2, 0.25) is 0 Å². The quantitative estimate of drug-likeness (QED) is 0.809. The number of hydrogen-bond donors (Lipinski definition) is 1. The maximum atomic E-state index is 3.44. The molecule has 15 heavy (non-hydrogen) atoms. The second kappa shape index (κ2) is 3.99. The van der Waals surface area contributed by atoms with Crippen LogP contribution in [0.4, 0.5) is 0 Å². The molecule has 0 unspecified atom stereocenters. The van der Waals surface area contributed by atoms with E-state index in [1.54, 1.807) is 9.12 Å². The van der Waals surface area contributed by atoms with Crippen LogP contribution in [0.25, 0.3) is 10.9 Å². The number of nitrogens with zero attached hydrogens (tertiary/aromatic N) is 1. The van der Waals surface area contributed by atoms with E-state index >= 15 is 0 Å². The summed E-state index contributed by atoms with van der Waals surface area (Å²) in [6.07, 6.45) is 1.15. The maximum absolute atomic E-state index is 3.44. The lowest BCUT2D eigenvalue weighted by Crippen LogP contribution is -2.24. The highest BCUT2D eigenvalue weighted by atomic mass is 127. The summed E-state index contributed by atoms with van der Waals surface area (Å²) in [5.41, 5.74) is 4.33. The van der Waals surface area contributed by atoms with Gasteiger partial charge in [-0.3, -0.25) is 3.97 Å². The molecule has 0 fully saturated rings. The SMILES string of the molecule is ISn1c2c(c3ccccc31)CCNC2. The van der Waals surface area contributed by atoms with Gasteiger partial charge >= 0.3 is 0 Å². The van der Waals surface area contributed by atoms with Gasteiger partial charge in [0.25, 0.3) is 0 Å². The van der Waals surface area contributed by atoms with Crippen molar-refractivity contribution >= 4 is 41.2 Å². The first-order valence-corrected chi connectivity index (χ1v) is 8.34. The number of benzene rings is 1. The van der Waals surface area contributed by atoms with Crippen LogP contribution in [0, 0.1) is 0 Å². The number of halogens is 1. The minimum absolute atomic E-state index is 1.00. The molecule has 3 rings (SSSR count). The van der Waals surface area contributed by atoms with Crippen molar-refractivity contribution in [1.29, 1.82) is 0 Å². The van der Waals surface area contributed by atoms with Gasteiger partial charge in [0.2, 0.25) is 0 Å². The van der Waals surface area contributed by atoms with Gasteiger partial charge in [-0.05, 0) is 24.6 Å². The Morgan fingerprint density at radius 1 is 1.33 bits per heavy atom. The Morgan fingerprint density at radius 2 is 2.20 bits per heavy atom. The van der Waals surface area contributed by atoms with Crippen LogP contribution in [-0.2, 0) is 13.0 Å². The van der Waals surface area contributed by atoms with Gasteiger partial charge in [-0.1, -0.05) is 18.2 Å². The Bertz CT molecular complexity index is 474. The molecule has 2 nitrogen and oxygen atoms in total. The third kappa shape index (κ3) is 1.50. The van der Waals surface area contributed by atoms with Crippen molar-refractivity contribution in [3.8, 4) is 0 Å². The van der Waals surface area contributed by atoms with E-state index < -0.39 is 0 Å². The Labute approximate surface area is 105 Å². The van der Waals surface area contributed by atoms with Gasteiger partial charge < -0.3 is 5.32 Å². The summed E-state index contributed by atoms with van der Waals surface area (Å²) in [6.45, 7) is 2.10. The summed E-state index contributed by atoms with van der Waals surface area (Å²) in [6, 6.07) is 8.69. The second-order valence-corrected chi connectivity index (χ2v) is 5.42. The fraction of sp³-hybridized carbons (Fsp3) is 0.273. The van der Waals surface area contributed by atoms with Gasteiger partial charge in [-0.25, -0.2) is 0 Å². The number of para-hydroxylation sites is 1. The molecule has 78 valence electrons. The van der Waals surface area contributed by atoms with Crippen molar-refractivity contribution in [2.45, 2.75) is 13.0 Å². The van der Waals surface area contributed by atoms with E-state index in [9.17, 15) is 0 Å². The highest BCUT2D eigenvalue weighted by Crippen LogP contribution is 2.33. The average Bonchev–Trinajstić information content (AvgIpc) is 2.63. The van der Waals surface area contributed by atoms with Crippen LogP contribution in [0.5, 0.6) is 0 Å². The standard InChI is InChI=1S/C11H11IN2S/c12-15-14-10-4-2-1-3-8(10)9-5-6-13-7-11(9)14/h1-4,13H,5-7H2. The van der Waals surface area contributed by atoms with Crippen LogP contribution in [0.1, 0.15) is 11.3 Å². The summed E-state index contributed by atoms with van der Waals surface area (Å²) in [5, 5.41) is 4.87. The predicted octanol–water partition coefficient (Wildman–Crippen LogP) is 3.13. The summed E-state index contributed by atoms with van der Waals surface area (Å²) >= 11 is 2.36. The fourth-order valence-electron chi connectivity index (χ4n) is 2.29. The van der Waals surface area contributed by atoms with E-state index in [1.807, 2.05) is 0 Å². The molecule has 0 saturated heterocycles. The molecule has 4 heteroatoms. The molecular formula is C11H11IN2S. The minimum atomic E-state index is 1.00. The lowest BCUT2D eigenvalue weighted by atomic mass is 10.1. The number of hydrogen-bond acceptors (Lipinski definition) is 2. The second-order valence-electron chi connectivity index (χ2n) is 3.73. The lowest BCUT2D eigenvalue weighted by molar-refractivity contribution is 0.633. The predicted molar refractivity (Wildman–Crippen MR) is 74.4 cm³/mol. The first-order valence-electron chi connectivity index (χ1n) is 5.03. The number of aromatic nitrogens is 1. The minimum Gasteiger partial charge on any atom is -0.311 e. The lowest BCUT2D eigenvalue weighted by Gasteiger charge is -2.14.